The highest BCUT2D eigenvalue weighted by molar-refractivity contribution is 5.75. The number of carboxylic acid groups (broad SMARTS) is 3. The zero-order chi connectivity index (χ0) is 31.2. The van der Waals surface area contributed by atoms with E-state index in [2.05, 4.69) is 9.98 Å². The summed E-state index contributed by atoms with van der Waals surface area (Å²) in [5, 5.41) is 25.2. The summed E-state index contributed by atoms with van der Waals surface area (Å²) in [7, 11) is 0. The van der Waals surface area contributed by atoms with Gasteiger partial charge in [0.15, 0.2) is 18.1 Å². The fourth-order valence-electron chi connectivity index (χ4n) is 3.56. The highest BCUT2D eigenvalue weighted by Crippen LogP contribution is 2.23. The Labute approximate surface area is 241 Å². The van der Waals surface area contributed by atoms with E-state index in [1.165, 1.54) is 12.8 Å². The Morgan fingerprint density at radius 3 is 1.95 bits per heavy atom. The van der Waals surface area contributed by atoms with Crippen LogP contribution in [0.1, 0.15) is 65.2 Å². The van der Waals surface area contributed by atoms with E-state index < -0.39 is 30.0 Å². The van der Waals surface area contributed by atoms with Crippen molar-refractivity contribution in [3.05, 3.63) is 42.9 Å². The molecule has 0 unspecified atom stereocenters. The van der Waals surface area contributed by atoms with Gasteiger partial charge in [-0.3, -0.25) is 19.4 Å². The number of aliphatic imine (C=N–C) groups is 1. The third kappa shape index (κ3) is 19.7. The molecule has 11 N–H and O–H groups in total. The summed E-state index contributed by atoms with van der Waals surface area (Å²) >= 11 is 0. The first-order valence-corrected chi connectivity index (χ1v) is 13.5. The Balaban J connectivity index is 0.000000524. The highest BCUT2D eigenvalue weighted by Gasteiger charge is 2.19. The lowest BCUT2D eigenvalue weighted by Crippen LogP contribution is -2.31. The maximum absolute atomic E-state index is 10.4. The van der Waals surface area contributed by atoms with Gasteiger partial charge in [0.2, 0.25) is 0 Å². The van der Waals surface area contributed by atoms with Crippen LogP contribution >= 0.6 is 0 Å². The van der Waals surface area contributed by atoms with Crippen LogP contribution in [-0.2, 0) is 14.4 Å². The molecule has 1 heterocycles. The van der Waals surface area contributed by atoms with Crippen LogP contribution in [-0.4, -0.2) is 62.8 Å². The number of benzene rings is 1. The number of nitrogens with zero attached hydrogens (tertiary/aromatic N) is 2. The van der Waals surface area contributed by atoms with Gasteiger partial charge in [-0.25, -0.2) is 4.98 Å². The van der Waals surface area contributed by atoms with Gasteiger partial charge in [0.25, 0.3) is 0 Å². The monoisotopic (exact) mass is 578 g/mol. The van der Waals surface area contributed by atoms with Gasteiger partial charge < -0.3 is 42.7 Å². The van der Waals surface area contributed by atoms with Gasteiger partial charge in [-0.2, -0.15) is 0 Å². The van der Waals surface area contributed by atoms with E-state index in [9.17, 15) is 14.4 Å². The van der Waals surface area contributed by atoms with Crippen LogP contribution in [0.4, 0.5) is 0 Å². The minimum Gasteiger partial charge on any atom is -0.481 e. The van der Waals surface area contributed by atoms with Crippen molar-refractivity contribution in [2.75, 3.05) is 6.54 Å². The molecule has 13 nitrogen and oxygen atoms in total. The van der Waals surface area contributed by atoms with Crippen molar-refractivity contribution in [1.82, 2.24) is 4.98 Å². The molecule has 2 atom stereocenters. The van der Waals surface area contributed by atoms with Gasteiger partial charge in [0.1, 0.15) is 12.1 Å². The molecule has 2 aromatic rings. The second-order valence-corrected chi connectivity index (χ2v) is 9.87. The molecule has 0 bridgehead atoms. The van der Waals surface area contributed by atoms with Gasteiger partial charge in [-0.1, -0.05) is 63.4 Å². The summed E-state index contributed by atoms with van der Waals surface area (Å²) < 4.78 is 5.11. The van der Waals surface area contributed by atoms with Crippen molar-refractivity contribution >= 4 is 23.9 Å². The summed E-state index contributed by atoms with van der Waals surface area (Å²) in [4.78, 5) is 38.2. The van der Waals surface area contributed by atoms with Gasteiger partial charge in [-0.05, 0) is 38.0 Å². The maximum Gasteiger partial charge on any atom is 0.320 e. The number of carboxylic acids is 3. The smallest absolute Gasteiger partial charge is 0.320 e. The molecule has 0 saturated heterocycles. The molecule has 0 amide bonds. The van der Waals surface area contributed by atoms with Crippen molar-refractivity contribution in [2.24, 2.45) is 39.8 Å². The summed E-state index contributed by atoms with van der Waals surface area (Å²) in [5.74, 6) is -1.36. The lowest BCUT2D eigenvalue weighted by molar-refractivity contribution is -0.143. The number of oxazole rings is 1. The van der Waals surface area contributed by atoms with E-state index in [4.69, 9.17) is 42.7 Å². The first-order chi connectivity index (χ1) is 19.3. The molecule has 1 fully saturated rings. The Morgan fingerprint density at radius 1 is 0.976 bits per heavy atom. The average molecular weight is 579 g/mol. The van der Waals surface area contributed by atoms with E-state index in [1.807, 2.05) is 44.2 Å². The van der Waals surface area contributed by atoms with Crippen molar-refractivity contribution < 1.29 is 34.1 Å². The predicted octanol–water partition coefficient (Wildman–Crippen LogP) is 2.89. The molecule has 230 valence electrons. The maximum atomic E-state index is 10.4. The van der Waals surface area contributed by atoms with Crippen LogP contribution in [0.15, 0.2) is 52.3 Å². The third-order valence-corrected chi connectivity index (χ3v) is 5.77. The van der Waals surface area contributed by atoms with E-state index in [0.29, 0.717) is 31.7 Å². The van der Waals surface area contributed by atoms with Crippen LogP contribution in [0.3, 0.4) is 0 Å². The predicted molar refractivity (Wildman–Crippen MR) is 157 cm³/mol. The quantitative estimate of drug-likeness (QED) is 0.122. The lowest BCUT2D eigenvalue weighted by atomic mass is 9.90. The molecule has 0 spiro atoms. The first kappa shape index (κ1) is 37.0. The largest absolute Gasteiger partial charge is 0.481 e. The SMILES string of the molecule is CC(C)C[C@H](N)C(=O)O.NC(N)=NCCC[C@H](N)C(=O)O.O=C(O)C1CCCCC1.c1ccc(-c2cnco2)cc1. The summed E-state index contributed by atoms with van der Waals surface area (Å²) in [6, 6.07) is 8.38. The number of hydrogen-bond acceptors (Lipinski definition) is 8. The molecule has 1 saturated carbocycles. The molecule has 1 aromatic heterocycles. The minimum absolute atomic E-state index is 0.0129. The second kappa shape index (κ2) is 21.8. The summed E-state index contributed by atoms with van der Waals surface area (Å²) in [6.07, 6.45) is 9.88. The second-order valence-electron chi connectivity index (χ2n) is 9.87. The summed E-state index contributed by atoms with van der Waals surface area (Å²) in [5.41, 5.74) is 21.6. The van der Waals surface area contributed by atoms with Crippen molar-refractivity contribution in [1.29, 1.82) is 0 Å². The Kier molecular flexibility index (Phi) is 19.7. The van der Waals surface area contributed by atoms with Crippen LogP contribution in [0, 0.1) is 11.8 Å². The first-order valence-electron chi connectivity index (χ1n) is 13.5. The molecule has 13 heteroatoms. The fraction of sp³-hybridized carbons (Fsp3) is 0.536. The zero-order valence-electron chi connectivity index (χ0n) is 23.9. The standard InChI is InChI=1S/C9H7NO.C7H12O2.C6H14N4O2.C6H13NO2/c1-2-4-8(5-3-1)9-6-10-7-11-9;8-7(9)6-4-2-1-3-5-6;7-4(5(11)12)2-1-3-10-6(8)9;1-4(2)3-5(7)6(8)9/h1-7H;6H,1-5H2,(H,8,9);4H,1-3,7H2,(H,11,12)(H4,8,9,10);4-5H,3,7H2,1-2H3,(H,8,9)/t;;4-;5-/m..00/s1. The number of carbonyl (C=O) groups is 3. The number of aliphatic carboxylic acids is 3. The van der Waals surface area contributed by atoms with Crippen LogP contribution in [0.25, 0.3) is 11.3 Å². The van der Waals surface area contributed by atoms with Gasteiger partial charge in [0, 0.05) is 12.1 Å². The molecule has 1 aliphatic rings. The molecule has 3 rings (SSSR count). The normalized spacial score (nSPS) is 14.0. The number of rotatable bonds is 10. The Morgan fingerprint density at radius 2 is 1.56 bits per heavy atom. The van der Waals surface area contributed by atoms with Crippen molar-refractivity contribution in [3.8, 4) is 11.3 Å². The van der Waals surface area contributed by atoms with Crippen molar-refractivity contribution in [2.45, 2.75) is 77.3 Å². The molecule has 0 radical (unpaired) electrons. The van der Waals surface area contributed by atoms with Crippen molar-refractivity contribution in [3.63, 3.8) is 0 Å². The number of hydrogen-bond donors (Lipinski definition) is 7. The minimum atomic E-state index is -1.00. The average Bonchev–Trinajstić information content (AvgIpc) is 3.48. The van der Waals surface area contributed by atoms with Gasteiger partial charge >= 0.3 is 17.9 Å². The number of aromatic nitrogens is 1. The van der Waals surface area contributed by atoms with Gasteiger partial charge in [-0.15, -0.1) is 0 Å². The third-order valence-electron chi connectivity index (χ3n) is 5.77. The van der Waals surface area contributed by atoms with Crippen LogP contribution in [0.2, 0.25) is 0 Å². The molecule has 1 aliphatic carbocycles. The Bertz CT molecular complexity index is 1010. The number of guanidine groups is 1. The van der Waals surface area contributed by atoms with E-state index in [-0.39, 0.29) is 11.9 Å². The van der Waals surface area contributed by atoms with E-state index in [1.54, 1.807) is 6.20 Å². The molecular weight excluding hydrogens is 532 g/mol. The summed E-state index contributed by atoms with van der Waals surface area (Å²) in [6.45, 7) is 4.31. The Hall–Kier alpha value is -3.97. The fourth-order valence-corrected chi connectivity index (χ4v) is 3.56. The molecule has 41 heavy (non-hydrogen) atoms. The van der Waals surface area contributed by atoms with Crippen LogP contribution < -0.4 is 22.9 Å². The zero-order valence-corrected chi connectivity index (χ0v) is 23.9. The molecule has 0 aliphatic heterocycles. The molecular formula is C28H46N6O7. The molecule has 1 aromatic carbocycles. The van der Waals surface area contributed by atoms with Gasteiger partial charge in [0.05, 0.1) is 12.1 Å². The topological polar surface area (TPSA) is 254 Å². The van der Waals surface area contributed by atoms with E-state index >= 15 is 0 Å². The lowest BCUT2D eigenvalue weighted by Gasteiger charge is -2.16. The highest BCUT2D eigenvalue weighted by atomic mass is 16.4. The van der Waals surface area contributed by atoms with E-state index in [0.717, 1.165) is 37.0 Å². The van der Waals surface area contributed by atoms with Crippen LogP contribution in [0.5, 0.6) is 0 Å². The number of nitrogens with two attached hydrogens (primary N) is 4.